The molecular formula is C18H19N3O6S2. The van der Waals surface area contributed by atoms with Gasteiger partial charge in [0.2, 0.25) is 26.0 Å². The minimum absolute atomic E-state index is 0.00987. The van der Waals surface area contributed by atoms with Crippen LogP contribution >= 0.6 is 0 Å². The summed E-state index contributed by atoms with van der Waals surface area (Å²) in [5.41, 5.74) is 1.79. The van der Waals surface area contributed by atoms with Gasteiger partial charge in [-0.15, -0.1) is 0 Å². The van der Waals surface area contributed by atoms with E-state index in [1.807, 2.05) is 4.72 Å². The molecule has 9 nitrogen and oxygen atoms in total. The van der Waals surface area contributed by atoms with Gasteiger partial charge in [-0.1, -0.05) is 24.3 Å². The van der Waals surface area contributed by atoms with Crippen molar-refractivity contribution in [2.75, 3.05) is 0 Å². The molecule has 11 heteroatoms. The summed E-state index contributed by atoms with van der Waals surface area (Å²) in [5.74, 6) is -0.847. The van der Waals surface area contributed by atoms with Crippen molar-refractivity contribution in [3.05, 3.63) is 65.2 Å². The molecule has 0 radical (unpaired) electrons. The first-order valence-corrected chi connectivity index (χ1v) is 11.7. The van der Waals surface area contributed by atoms with E-state index in [1.165, 1.54) is 12.1 Å². The summed E-state index contributed by atoms with van der Waals surface area (Å²) in [5, 5.41) is 6.94. The second-order valence-electron chi connectivity index (χ2n) is 6.67. The van der Waals surface area contributed by atoms with Crippen molar-refractivity contribution in [1.29, 1.82) is 0 Å². The first kappa shape index (κ1) is 21.0. The molecule has 1 aliphatic rings. The number of carbonyl (C=O) groups is 2. The van der Waals surface area contributed by atoms with Crippen LogP contribution in [0.2, 0.25) is 0 Å². The van der Waals surface area contributed by atoms with Crippen LogP contribution in [-0.2, 0) is 37.8 Å². The number of nitrogens with one attached hydrogen (secondary N) is 2. The van der Waals surface area contributed by atoms with Crippen LogP contribution in [0.1, 0.15) is 27.9 Å². The number of carbonyl (C=O) groups excluding carboxylic acids is 2. The summed E-state index contributed by atoms with van der Waals surface area (Å²) >= 11 is 0. The fourth-order valence-electron chi connectivity index (χ4n) is 2.92. The van der Waals surface area contributed by atoms with Crippen molar-refractivity contribution in [2.45, 2.75) is 29.5 Å². The van der Waals surface area contributed by atoms with E-state index < -0.39 is 31.2 Å². The fraction of sp³-hybridized carbons (Fsp3) is 0.222. The van der Waals surface area contributed by atoms with Crippen LogP contribution in [-0.4, -0.2) is 33.9 Å². The lowest BCUT2D eigenvalue weighted by atomic mass is 10.1. The minimum Gasteiger partial charge on any atom is -0.348 e. The van der Waals surface area contributed by atoms with Crippen molar-refractivity contribution >= 4 is 31.9 Å². The maximum absolute atomic E-state index is 12.3. The normalized spacial score (nSPS) is 18.2. The molecule has 154 valence electrons. The standard InChI is InChI=1S/C18H19N3O6S2/c19-28(24,25)15-7-3-13(4-8-15)11-20-18(23)14-5-1-12(2-6-14)9-16-10-17(22)21-29(16,26)27/h1-8,16H,9-11H2,(H,20,23)(H,21,22)(H2,19,24,25). The molecule has 1 fully saturated rings. The Morgan fingerprint density at radius 2 is 1.66 bits per heavy atom. The second-order valence-corrected chi connectivity index (χ2v) is 10.2. The largest absolute Gasteiger partial charge is 0.348 e. The summed E-state index contributed by atoms with van der Waals surface area (Å²) in [6.07, 6.45) is 0.105. The van der Waals surface area contributed by atoms with E-state index in [9.17, 15) is 26.4 Å². The van der Waals surface area contributed by atoms with Gasteiger partial charge in [0.05, 0.1) is 10.1 Å². The lowest BCUT2D eigenvalue weighted by Gasteiger charge is -2.09. The van der Waals surface area contributed by atoms with Gasteiger partial charge in [0, 0.05) is 18.5 Å². The van der Waals surface area contributed by atoms with E-state index in [0.717, 1.165) is 0 Å². The Labute approximate surface area is 168 Å². The van der Waals surface area contributed by atoms with Gasteiger partial charge >= 0.3 is 0 Å². The number of hydrogen-bond donors (Lipinski definition) is 3. The molecule has 2 amide bonds. The Morgan fingerprint density at radius 1 is 1.07 bits per heavy atom. The lowest BCUT2D eigenvalue weighted by molar-refractivity contribution is -0.118. The topological polar surface area (TPSA) is 152 Å². The molecule has 1 saturated heterocycles. The Hall–Kier alpha value is -2.76. The van der Waals surface area contributed by atoms with Crippen LogP contribution in [0.5, 0.6) is 0 Å². The van der Waals surface area contributed by atoms with E-state index in [1.54, 1.807) is 36.4 Å². The van der Waals surface area contributed by atoms with Gasteiger partial charge in [0.15, 0.2) is 0 Å². The Kier molecular flexibility index (Phi) is 5.73. The number of benzene rings is 2. The van der Waals surface area contributed by atoms with Gasteiger partial charge in [-0.05, 0) is 41.8 Å². The highest BCUT2D eigenvalue weighted by Crippen LogP contribution is 2.18. The number of primary sulfonamides is 1. The lowest BCUT2D eigenvalue weighted by Crippen LogP contribution is -2.26. The van der Waals surface area contributed by atoms with E-state index in [2.05, 4.69) is 5.32 Å². The Balaban J connectivity index is 1.58. The van der Waals surface area contributed by atoms with Crippen molar-refractivity contribution in [1.82, 2.24) is 10.0 Å². The molecule has 0 spiro atoms. The van der Waals surface area contributed by atoms with E-state index in [0.29, 0.717) is 16.7 Å². The molecule has 1 unspecified atom stereocenters. The highest BCUT2D eigenvalue weighted by Gasteiger charge is 2.36. The third-order valence-electron chi connectivity index (χ3n) is 4.49. The summed E-state index contributed by atoms with van der Waals surface area (Å²) in [7, 11) is -7.40. The molecule has 0 aliphatic carbocycles. The van der Waals surface area contributed by atoms with E-state index >= 15 is 0 Å². The molecule has 3 rings (SSSR count). The monoisotopic (exact) mass is 437 g/mol. The summed E-state index contributed by atoms with van der Waals surface area (Å²) in [6.45, 7) is 0.194. The molecule has 0 aromatic heterocycles. The number of rotatable bonds is 6. The third-order valence-corrected chi connectivity index (χ3v) is 7.14. The van der Waals surface area contributed by atoms with Crippen LogP contribution in [0, 0.1) is 0 Å². The zero-order valence-corrected chi connectivity index (χ0v) is 16.8. The number of hydrogen-bond acceptors (Lipinski definition) is 6. The molecule has 0 bridgehead atoms. The van der Waals surface area contributed by atoms with Crippen molar-refractivity contribution in [2.24, 2.45) is 5.14 Å². The maximum Gasteiger partial charge on any atom is 0.251 e. The zero-order chi connectivity index (χ0) is 21.2. The highest BCUT2D eigenvalue weighted by atomic mass is 32.2. The Bertz CT molecular complexity index is 1140. The van der Waals surface area contributed by atoms with E-state index in [-0.39, 0.29) is 30.2 Å². The van der Waals surface area contributed by atoms with Crippen molar-refractivity contribution in [3.63, 3.8) is 0 Å². The average molecular weight is 437 g/mol. The number of sulfonamides is 2. The molecule has 0 saturated carbocycles. The first-order valence-electron chi connectivity index (χ1n) is 8.58. The molecule has 1 atom stereocenters. The molecule has 2 aromatic rings. The predicted octanol–water partition coefficient (Wildman–Crippen LogP) is 0.0248. The molecule has 1 aliphatic heterocycles. The maximum atomic E-state index is 12.3. The van der Waals surface area contributed by atoms with Gasteiger partial charge in [-0.2, -0.15) is 0 Å². The number of amides is 2. The summed E-state index contributed by atoms with van der Waals surface area (Å²) in [6, 6.07) is 12.3. The van der Waals surface area contributed by atoms with Gasteiger partial charge in [0.1, 0.15) is 0 Å². The van der Waals surface area contributed by atoms with Gasteiger partial charge < -0.3 is 5.32 Å². The van der Waals surface area contributed by atoms with Crippen LogP contribution in [0.15, 0.2) is 53.4 Å². The van der Waals surface area contributed by atoms with Crippen LogP contribution in [0.4, 0.5) is 0 Å². The van der Waals surface area contributed by atoms with Crippen molar-refractivity contribution in [3.8, 4) is 0 Å². The SMILES string of the molecule is NS(=O)(=O)c1ccc(CNC(=O)c2ccc(CC3CC(=O)NS3(=O)=O)cc2)cc1. The van der Waals surface area contributed by atoms with Crippen LogP contribution in [0.3, 0.4) is 0 Å². The summed E-state index contributed by atoms with van der Waals surface area (Å²) < 4.78 is 48.1. The van der Waals surface area contributed by atoms with Gasteiger partial charge in [-0.3, -0.25) is 14.3 Å². The number of nitrogens with two attached hydrogens (primary N) is 1. The Morgan fingerprint density at radius 3 is 2.17 bits per heavy atom. The van der Waals surface area contributed by atoms with Crippen molar-refractivity contribution < 1.29 is 26.4 Å². The average Bonchev–Trinajstić information content (AvgIpc) is 2.91. The molecule has 4 N–H and O–H groups in total. The smallest absolute Gasteiger partial charge is 0.251 e. The summed E-state index contributed by atoms with van der Waals surface area (Å²) in [4.78, 5) is 23.5. The second kappa shape index (κ2) is 7.93. The van der Waals surface area contributed by atoms with E-state index in [4.69, 9.17) is 5.14 Å². The van der Waals surface area contributed by atoms with Gasteiger partial charge in [-0.25, -0.2) is 22.0 Å². The van der Waals surface area contributed by atoms with Crippen LogP contribution < -0.4 is 15.2 Å². The molecule has 2 aromatic carbocycles. The minimum atomic E-state index is -3.76. The van der Waals surface area contributed by atoms with Gasteiger partial charge in [0.25, 0.3) is 5.91 Å². The van der Waals surface area contributed by atoms with Crippen LogP contribution in [0.25, 0.3) is 0 Å². The molecular weight excluding hydrogens is 418 g/mol. The third kappa shape index (κ3) is 5.19. The molecule has 1 heterocycles. The highest BCUT2D eigenvalue weighted by molar-refractivity contribution is 7.91. The quantitative estimate of drug-likeness (QED) is 0.579. The fourth-order valence-corrected chi connectivity index (χ4v) is 4.78. The molecule has 29 heavy (non-hydrogen) atoms. The zero-order valence-electron chi connectivity index (χ0n) is 15.2. The first-order chi connectivity index (χ1) is 13.5. The predicted molar refractivity (Wildman–Crippen MR) is 105 cm³/mol.